The van der Waals surface area contributed by atoms with E-state index in [4.69, 9.17) is 10.8 Å². The molecule has 0 fully saturated rings. The number of amides is 1. The van der Waals surface area contributed by atoms with Gasteiger partial charge in [-0.2, -0.15) is 0 Å². The third-order valence-corrected chi connectivity index (χ3v) is 2.03. The van der Waals surface area contributed by atoms with Crippen LogP contribution in [-0.4, -0.2) is 24.6 Å². The van der Waals surface area contributed by atoms with Crippen LogP contribution in [0, 0.1) is 11.6 Å². The Balaban J connectivity index is 3.08. The summed E-state index contributed by atoms with van der Waals surface area (Å²) in [5.41, 5.74) is 4.72. The van der Waals surface area contributed by atoms with Gasteiger partial charge in [-0.1, -0.05) is 0 Å². The van der Waals surface area contributed by atoms with Gasteiger partial charge < -0.3 is 15.7 Å². The monoisotopic (exact) mass is 230 g/mol. The van der Waals surface area contributed by atoms with Crippen LogP contribution in [0.25, 0.3) is 0 Å². The SMILES string of the molecule is CN(CC(N)=O)c1c(F)cc(CO)cc1F. The van der Waals surface area contributed by atoms with E-state index in [1.807, 2.05) is 0 Å². The number of carbonyl (C=O) groups is 1. The summed E-state index contributed by atoms with van der Waals surface area (Å²) in [6.45, 7) is -0.736. The van der Waals surface area contributed by atoms with E-state index in [2.05, 4.69) is 0 Å². The van der Waals surface area contributed by atoms with Crippen LogP contribution >= 0.6 is 0 Å². The highest BCUT2D eigenvalue weighted by Gasteiger charge is 2.16. The molecule has 0 aromatic heterocycles. The minimum atomic E-state index is -0.840. The smallest absolute Gasteiger partial charge is 0.236 e. The Morgan fingerprint density at radius 3 is 2.31 bits per heavy atom. The number of nitrogens with zero attached hydrogens (tertiary/aromatic N) is 1. The number of anilines is 1. The van der Waals surface area contributed by atoms with Gasteiger partial charge in [0.2, 0.25) is 5.91 Å². The van der Waals surface area contributed by atoms with E-state index in [1.165, 1.54) is 7.05 Å². The maximum atomic E-state index is 13.5. The summed E-state index contributed by atoms with van der Waals surface area (Å²) >= 11 is 0. The molecule has 0 unspecified atom stereocenters. The second kappa shape index (κ2) is 4.89. The van der Waals surface area contributed by atoms with E-state index in [0.717, 1.165) is 17.0 Å². The lowest BCUT2D eigenvalue weighted by molar-refractivity contribution is -0.116. The van der Waals surface area contributed by atoms with Crippen molar-refractivity contribution in [2.75, 3.05) is 18.5 Å². The minimum absolute atomic E-state index is 0.131. The van der Waals surface area contributed by atoms with Crippen molar-refractivity contribution in [1.82, 2.24) is 0 Å². The number of hydrogen-bond donors (Lipinski definition) is 2. The number of primary amides is 1. The molecule has 0 aliphatic carbocycles. The number of likely N-dealkylation sites (N-methyl/N-ethyl adjacent to an activating group) is 1. The first-order chi connectivity index (χ1) is 7.45. The molecule has 0 atom stereocenters. The maximum absolute atomic E-state index is 13.5. The predicted octanol–water partition coefficient (Wildman–Crippen LogP) is 0.379. The van der Waals surface area contributed by atoms with Gasteiger partial charge in [0.1, 0.15) is 17.3 Å². The largest absolute Gasteiger partial charge is 0.392 e. The van der Waals surface area contributed by atoms with Gasteiger partial charge in [-0.25, -0.2) is 8.78 Å². The van der Waals surface area contributed by atoms with Crippen molar-refractivity contribution in [1.29, 1.82) is 0 Å². The first kappa shape index (κ1) is 12.4. The topological polar surface area (TPSA) is 66.6 Å². The molecule has 1 rings (SSSR count). The summed E-state index contributed by atoms with van der Waals surface area (Å²) in [5.74, 6) is -2.37. The molecule has 1 aromatic carbocycles. The Hall–Kier alpha value is -1.69. The molecule has 0 saturated heterocycles. The molecule has 0 bridgehead atoms. The Morgan fingerprint density at radius 1 is 1.44 bits per heavy atom. The zero-order valence-electron chi connectivity index (χ0n) is 8.70. The number of rotatable bonds is 4. The van der Waals surface area contributed by atoms with Crippen molar-refractivity contribution in [2.45, 2.75) is 6.61 Å². The van der Waals surface area contributed by atoms with Gasteiger partial charge in [0, 0.05) is 7.05 Å². The van der Waals surface area contributed by atoms with Crippen molar-refractivity contribution in [3.8, 4) is 0 Å². The molecule has 6 heteroatoms. The van der Waals surface area contributed by atoms with Crippen molar-refractivity contribution >= 4 is 11.6 Å². The number of aliphatic hydroxyl groups is 1. The van der Waals surface area contributed by atoms with E-state index in [-0.39, 0.29) is 17.8 Å². The van der Waals surface area contributed by atoms with Crippen molar-refractivity contribution in [3.63, 3.8) is 0 Å². The summed E-state index contributed by atoms with van der Waals surface area (Å²) in [5, 5.41) is 8.74. The molecular formula is C10H12F2N2O2. The Labute approximate surface area is 91.3 Å². The quantitative estimate of drug-likeness (QED) is 0.785. The zero-order chi connectivity index (χ0) is 12.3. The number of nitrogens with two attached hydrogens (primary N) is 1. The third-order valence-electron chi connectivity index (χ3n) is 2.03. The first-order valence-electron chi connectivity index (χ1n) is 4.54. The highest BCUT2D eigenvalue weighted by Crippen LogP contribution is 2.23. The molecule has 4 nitrogen and oxygen atoms in total. The lowest BCUT2D eigenvalue weighted by Crippen LogP contribution is -2.31. The number of halogens is 2. The van der Waals surface area contributed by atoms with Crippen LogP contribution in [0.1, 0.15) is 5.56 Å². The molecular weight excluding hydrogens is 218 g/mol. The fourth-order valence-electron chi connectivity index (χ4n) is 1.39. The van der Waals surface area contributed by atoms with E-state index in [1.54, 1.807) is 0 Å². The molecule has 1 amide bonds. The van der Waals surface area contributed by atoms with E-state index >= 15 is 0 Å². The van der Waals surface area contributed by atoms with Gasteiger partial charge in [0.25, 0.3) is 0 Å². The standard InChI is InChI=1S/C10H12F2N2O2/c1-14(4-9(13)16)10-7(11)2-6(5-15)3-8(10)12/h2-3,15H,4-5H2,1H3,(H2,13,16). The van der Waals surface area contributed by atoms with Crippen LogP contribution in [0.3, 0.4) is 0 Å². The highest BCUT2D eigenvalue weighted by molar-refractivity contribution is 5.79. The number of carbonyl (C=O) groups excluding carboxylic acids is 1. The fraction of sp³-hybridized carbons (Fsp3) is 0.300. The van der Waals surface area contributed by atoms with Crippen LogP contribution < -0.4 is 10.6 Å². The normalized spacial score (nSPS) is 10.2. The minimum Gasteiger partial charge on any atom is -0.392 e. The van der Waals surface area contributed by atoms with Crippen LogP contribution in [0.15, 0.2) is 12.1 Å². The molecule has 88 valence electrons. The average Bonchev–Trinajstić information content (AvgIpc) is 2.15. The lowest BCUT2D eigenvalue weighted by Gasteiger charge is -2.19. The highest BCUT2D eigenvalue weighted by atomic mass is 19.1. The summed E-state index contributed by atoms with van der Waals surface area (Å²) in [7, 11) is 1.35. The molecule has 1 aromatic rings. The van der Waals surface area contributed by atoms with E-state index in [9.17, 15) is 13.6 Å². The maximum Gasteiger partial charge on any atom is 0.236 e. The van der Waals surface area contributed by atoms with Crippen molar-refractivity contribution < 1.29 is 18.7 Å². The Kier molecular flexibility index (Phi) is 3.78. The second-order valence-electron chi connectivity index (χ2n) is 3.39. The van der Waals surface area contributed by atoms with Crippen LogP contribution in [0.2, 0.25) is 0 Å². The van der Waals surface area contributed by atoms with Gasteiger partial charge in [0.15, 0.2) is 0 Å². The second-order valence-corrected chi connectivity index (χ2v) is 3.39. The van der Waals surface area contributed by atoms with Crippen molar-refractivity contribution in [3.05, 3.63) is 29.3 Å². The van der Waals surface area contributed by atoms with E-state index < -0.39 is 24.1 Å². The van der Waals surface area contributed by atoms with Gasteiger partial charge in [0.05, 0.1) is 13.2 Å². The fourth-order valence-corrected chi connectivity index (χ4v) is 1.39. The van der Waals surface area contributed by atoms with Crippen LogP contribution in [-0.2, 0) is 11.4 Å². The van der Waals surface area contributed by atoms with E-state index in [0.29, 0.717) is 0 Å². The Morgan fingerprint density at radius 2 is 1.94 bits per heavy atom. The predicted molar refractivity (Wildman–Crippen MR) is 54.7 cm³/mol. The molecule has 16 heavy (non-hydrogen) atoms. The van der Waals surface area contributed by atoms with Gasteiger partial charge in [-0.15, -0.1) is 0 Å². The average molecular weight is 230 g/mol. The molecule has 0 heterocycles. The number of hydrogen-bond acceptors (Lipinski definition) is 3. The Bertz CT molecular complexity index is 387. The van der Waals surface area contributed by atoms with Crippen LogP contribution in [0.5, 0.6) is 0 Å². The summed E-state index contributed by atoms with van der Waals surface area (Å²) in [6, 6.07) is 2.02. The first-order valence-corrected chi connectivity index (χ1v) is 4.54. The van der Waals surface area contributed by atoms with Crippen molar-refractivity contribution in [2.24, 2.45) is 5.73 Å². The molecule has 0 spiro atoms. The molecule has 3 N–H and O–H groups in total. The summed E-state index contributed by atoms with van der Waals surface area (Å²) in [4.78, 5) is 11.7. The van der Waals surface area contributed by atoms with Gasteiger partial charge in [-0.3, -0.25) is 4.79 Å². The molecule has 0 aliphatic heterocycles. The molecule has 0 saturated carbocycles. The van der Waals surface area contributed by atoms with Crippen LogP contribution in [0.4, 0.5) is 14.5 Å². The molecule has 0 aliphatic rings. The zero-order valence-corrected chi connectivity index (χ0v) is 8.70. The number of benzene rings is 1. The third kappa shape index (κ3) is 2.66. The molecule has 0 radical (unpaired) electrons. The van der Waals surface area contributed by atoms with Gasteiger partial charge in [-0.05, 0) is 17.7 Å². The number of aliphatic hydroxyl groups excluding tert-OH is 1. The lowest BCUT2D eigenvalue weighted by atomic mass is 10.2. The van der Waals surface area contributed by atoms with Gasteiger partial charge >= 0.3 is 0 Å². The summed E-state index contributed by atoms with van der Waals surface area (Å²) in [6.07, 6.45) is 0. The summed E-state index contributed by atoms with van der Waals surface area (Å²) < 4.78 is 26.9.